The maximum absolute atomic E-state index is 13.0. The first-order chi connectivity index (χ1) is 14.2. The molecule has 1 saturated heterocycles. The number of hydrogen-bond donors (Lipinski definition) is 0. The Morgan fingerprint density at radius 1 is 1.07 bits per heavy atom. The van der Waals surface area contributed by atoms with E-state index in [1.54, 1.807) is 35.0 Å². The van der Waals surface area contributed by atoms with Crippen molar-refractivity contribution in [2.45, 2.75) is 44.6 Å². The van der Waals surface area contributed by atoms with Gasteiger partial charge in [-0.25, -0.2) is 8.42 Å². The normalized spacial score (nSPS) is 16.7. The molecule has 0 saturated carbocycles. The number of sulfonamides is 1. The van der Waals surface area contributed by atoms with Crippen molar-refractivity contribution in [3.63, 3.8) is 0 Å². The zero-order chi connectivity index (χ0) is 21.9. The van der Waals surface area contributed by atoms with Crippen LogP contribution in [0.3, 0.4) is 0 Å². The van der Waals surface area contributed by atoms with E-state index in [0.717, 1.165) is 0 Å². The predicted molar refractivity (Wildman–Crippen MR) is 114 cm³/mol. The zero-order valence-corrected chi connectivity index (χ0v) is 18.3. The van der Waals surface area contributed by atoms with Crippen molar-refractivity contribution in [2.24, 2.45) is 10.9 Å². The van der Waals surface area contributed by atoms with Crippen LogP contribution in [0.15, 0.2) is 58.5 Å². The maximum Gasteiger partial charge on any atom is 0.243 e. The molecule has 2 heterocycles. The van der Waals surface area contributed by atoms with Crippen LogP contribution in [0.2, 0.25) is 0 Å². The Kier molecular flexibility index (Phi) is 6.67. The number of carbonyl (C=O) groups is 2. The molecule has 7 nitrogen and oxygen atoms in total. The highest BCUT2D eigenvalue weighted by Crippen LogP contribution is 2.25. The summed E-state index contributed by atoms with van der Waals surface area (Å²) in [5.41, 5.74) is 0.969. The van der Waals surface area contributed by atoms with E-state index in [-0.39, 0.29) is 41.6 Å². The second kappa shape index (κ2) is 9.06. The van der Waals surface area contributed by atoms with Crippen LogP contribution in [-0.2, 0) is 10.0 Å². The molecule has 1 aliphatic heterocycles. The van der Waals surface area contributed by atoms with Gasteiger partial charge >= 0.3 is 0 Å². The summed E-state index contributed by atoms with van der Waals surface area (Å²) in [5, 5.41) is 0. The first-order valence-corrected chi connectivity index (χ1v) is 11.5. The van der Waals surface area contributed by atoms with Crippen molar-refractivity contribution in [1.82, 2.24) is 8.87 Å². The Balaban J connectivity index is 1.76. The Labute approximate surface area is 177 Å². The standard InChI is InChI=1S/C22H27N3O4S/c1-16(2)23-21-9-4-5-12-25(21)22(27)18-10-13-24(14-11-18)30(28,29)20-8-6-7-19(15-20)17(3)26/h4-9,12,15-16,18H,10-11,13-14H2,1-3H3. The fraction of sp³-hybridized carbons (Fsp3) is 0.409. The van der Waals surface area contributed by atoms with E-state index in [1.165, 1.54) is 23.4 Å². The monoisotopic (exact) mass is 429 g/mol. The zero-order valence-electron chi connectivity index (χ0n) is 17.5. The third-order valence-electron chi connectivity index (χ3n) is 5.15. The van der Waals surface area contributed by atoms with Gasteiger partial charge in [-0.15, -0.1) is 0 Å². The van der Waals surface area contributed by atoms with Gasteiger partial charge in [0.2, 0.25) is 15.9 Å². The average molecular weight is 430 g/mol. The second-order valence-corrected chi connectivity index (χ2v) is 9.69. The van der Waals surface area contributed by atoms with Gasteiger partial charge in [-0.3, -0.25) is 19.1 Å². The van der Waals surface area contributed by atoms with E-state index < -0.39 is 10.0 Å². The number of carbonyl (C=O) groups excluding carboxylic acids is 2. The molecule has 0 radical (unpaired) electrons. The van der Waals surface area contributed by atoms with Gasteiger partial charge in [0.25, 0.3) is 0 Å². The highest BCUT2D eigenvalue weighted by Gasteiger charge is 2.32. The Morgan fingerprint density at radius 3 is 2.40 bits per heavy atom. The van der Waals surface area contributed by atoms with Crippen LogP contribution in [0.5, 0.6) is 0 Å². The Bertz CT molecular complexity index is 1110. The molecule has 0 bridgehead atoms. The van der Waals surface area contributed by atoms with Crippen LogP contribution in [0, 0.1) is 5.92 Å². The summed E-state index contributed by atoms with van der Waals surface area (Å²) in [6, 6.07) is 11.6. The number of pyridine rings is 1. The number of benzene rings is 1. The molecule has 0 atom stereocenters. The summed E-state index contributed by atoms with van der Waals surface area (Å²) in [5.74, 6) is -0.516. The number of ketones is 1. The van der Waals surface area contributed by atoms with E-state index >= 15 is 0 Å². The van der Waals surface area contributed by atoms with Crippen LogP contribution < -0.4 is 5.49 Å². The summed E-state index contributed by atoms with van der Waals surface area (Å²) in [6.07, 6.45) is 2.58. The number of aromatic nitrogens is 1. The van der Waals surface area contributed by atoms with Crippen molar-refractivity contribution in [2.75, 3.05) is 13.1 Å². The molecule has 30 heavy (non-hydrogen) atoms. The molecule has 8 heteroatoms. The van der Waals surface area contributed by atoms with Crippen molar-refractivity contribution >= 4 is 21.7 Å². The molecule has 3 rings (SSSR count). The molecular formula is C22H27N3O4S. The summed E-state index contributed by atoms with van der Waals surface area (Å²) in [6.45, 7) is 5.82. The number of rotatable bonds is 5. The number of hydrogen-bond acceptors (Lipinski definition) is 5. The molecule has 0 N–H and O–H groups in total. The van der Waals surface area contributed by atoms with Gasteiger partial charge in [-0.1, -0.05) is 18.2 Å². The lowest BCUT2D eigenvalue weighted by molar-refractivity contribution is 0.0780. The minimum atomic E-state index is -3.71. The van der Waals surface area contributed by atoms with Gasteiger partial charge in [0.05, 0.1) is 4.90 Å². The summed E-state index contributed by atoms with van der Waals surface area (Å²) >= 11 is 0. The van der Waals surface area contributed by atoms with E-state index in [9.17, 15) is 18.0 Å². The second-order valence-electron chi connectivity index (χ2n) is 7.75. The van der Waals surface area contributed by atoms with Gasteiger partial charge in [-0.2, -0.15) is 4.31 Å². The van der Waals surface area contributed by atoms with Crippen LogP contribution in [0.1, 0.15) is 48.8 Å². The molecule has 1 fully saturated rings. The van der Waals surface area contributed by atoms with Crippen molar-refractivity contribution < 1.29 is 18.0 Å². The molecule has 1 aliphatic rings. The van der Waals surface area contributed by atoms with E-state index in [0.29, 0.717) is 23.9 Å². The fourth-order valence-corrected chi connectivity index (χ4v) is 5.07. The molecule has 0 aliphatic carbocycles. The minimum Gasteiger partial charge on any atom is -0.295 e. The molecule has 0 spiro atoms. The highest BCUT2D eigenvalue weighted by atomic mass is 32.2. The summed E-state index contributed by atoms with van der Waals surface area (Å²) < 4.78 is 28.9. The number of nitrogens with zero attached hydrogens (tertiary/aromatic N) is 3. The van der Waals surface area contributed by atoms with Crippen LogP contribution >= 0.6 is 0 Å². The van der Waals surface area contributed by atoms with Crippen molar-refractivity contribution in [3.8, 4) is 0 Å². The van der Waals surface area contributed by atoms with E-state index in [1.807, 2.05) is 19.9 Å². The van der Waals surface area contributed by atoms with Gasteiger partial charge in [0.1, 0.15) is 5.49 Å². The quantitative estimate of drug-likeness (QED) is 0.684. The molecule has 0 unspecified atom stereocenters. The number of piperidine rings is 1. The largest absolute Gasteiger partial charge is 0.295 e. The van der Waals surface area contributed by atoms with Gasteiger partial charge in [0, 0.05) is 36.8 Å². The first kappa shape index (κ1) is 22.1. The third-order valence-corrected chi connectivity index (χ3v) is 7.04. The van der Waals surface area contributed by atoms with E-state index in [2.05, 4.69) is 4.99 Å². The minimum absolute atomic E-state index is 0.0595. The topological polar surface area (TPSA) is 88.8 Å². The van der Waals surface area contributed by atoms with Crippen LogP contribution in [0.4, 0.5) is 0 Å². The average Bonchev–Trinajstić information content (AvgIpc) is 2.73. The molecule has 0 amide bonds. The van der Waals surface area contributed by atoms with Crippen molar-refractivity contribution in [3.05, 3.63) is 59.7 Å². The first-order valence-electron chi connectivity index (χ1n) is 10.1. The lowest BCUT2D eigenvalue weighted by Gasteiger charge is -2.30. The maximum atomic E-state index is 13.0. The molecule has 2 aromatic rings. The lowest BCUT2D eigenvalue weighted by atomic mass is 9.97. The van der Waals surface area contributed by atoms with Gasteiger partial charge in [0.15, 0.2) is 5.78 Å². The van der Waals surface area contributed by atoms with Crippen LogP contribution in [0.25, 0.3) is 0 Å². The molecule has 1 aromatic heterocycles. The predicted octanol–water partition coefficient (Wildman–Crippen LogP) is 2.74. The fourth-order valence-electron chi connectivity index (χ4n) is 3.55. The lowest BCUT2D eigenvalue weighted by Crippen LogP contribution is -2.42. The molecule has 160 valence electrons. The summed E-state index contributed by atoms with van der Waals surface area (Å²) in [4.78, 5) is 29.2. The van der Waals surface area contributed by atoms with Gasteiger partial charge < -0.3 is 0 Å². The SMILES string of the molecule is CC(=O)c1cccc(S(=O)(=O)N2CCC(C(=O)n3ccccc3=NC(C)C)CC2)c1. The smallest absolute Gasteiger partial charge is 0.243 e. The summed E-state index contributed by atoms with van der Waals surface area (Å²) in [7, 11) is -3.71. The Morgan fingerprint density at radius 2 is 1.77 bits per heavy atom. The van der Waals surface area contributed by atoms with Crippen molar-refractivity contribution in [1.29, 1.82) is 0 Å². The molecule has 1 aromatic carbocycles. The van der Waals surface area contributed by atoms with E-state index in [4.69, 9.17) is 0 Å². The Hall–Kier alpha value is -2.58. The van der Waals surface area contributed by atoms with Gasteiger partial charge in [-0.05, 0) is 57.9 Å². The van der Waals surface area contributed by atoms with Crippen LogP contribution in [-0.4, -0.2) is 48.1 Å². The number of Topliss-reactive ketones (excluding diaryl/α,β-unsaturated/α-hetero) is 1. The highest BCUT2D eigenvalue weighted by molar-refractivity contribution is 7.89. The third kappa shape index (κ3) is 4.76. The molecular weight excluding hydrogens is 402 g/mol.